The van der Waals surface area contributed by atoms with Gasteiger partial charge < -0.3 is 15.3 Å². The van der Waals surface area contributed by atoms with Gasteiger partial charge in [0.2, 0.25) is 0 Å². The molecule has 1 aromatic rings. The second-order valence-electron chi connectivity index (χ2n) is 5.20. The number of carbonyl (C=O) groups is 1. The van der Waals surface area contributed by atoms with Crippen LogP contribution in [0.4, 0.5) is 0 Å². The molecule has 0 heterocycles. The van der Waals surface area contributed by atoms with Gasteiger partial charge in [-0.15, -0.1) is 0 Å². The lowest BCUT2D eigenvalue weighted by molar-refractivity contribution is 0.0950. The molecule has 2 N–H and O–H groups in total. The number of aromatic hydroxyl groups is 1. The molecule has 0 saturated heterocycles. The average Bonchev–Trinajstić information content (AvgIpc) is 2.40. The van der Waals surface area contributed by atoms with Gasteiger partial charge in [-0.1, -0.05) is 15.9 Å². The third-order valence-corrected chi connectivity index (χ3v) is 3.80. The first-order valence-corrected chi connectivity index (χ1v) is 7.68. The quantitative estimate of drug-likeness (QED) is 0.749. The lowest BCUT2D eigenvalue weighted by Crippen LogP contribution is -2.29. The monoisotopic (exact) mass is 342 g/mol. The van der Waals surface area contributed by atoms with E-state index in [-0.39, 0.29) is 11.7 Å². The fraction of sp³-hybridized carbons (Fsp3) is 0.533. The molecule has 0 aromatic heterocycles. The van der Waals surface area contributed by atoms with E-state index in [2.05, 4.69) is 47.0 Å². The number of hydrogen-bond acceptors (Lipinski definition) is 3. The van der Waals surface area contributed by atoms with Crippen LogP contribution in [0.15, 0.2) is 22.7 Å². The van der Waals surface area contributed by atoms with Crippen LogP contribution in [0.25, 0.3) is 0 Å². The van der Waals surface area contributed by atoms with Gasteiger partial charge in [0, 0.05) is 17.1 Å². The summed E-state index contributed by atoms with van der Waals surface area (Å²) in [6, 6.07) is 5.38. The first-order chi connectivity index (χ1) is 9.41. The maximum absolute atomic E-state index is 11.9. The lowest BCUT2D eigenvalue weighted by Gasteiger charge is -2.20. The van der Waals surface area contributed by atoms with Gasteiger partial charge >= 0.3 is 0 Å². The SMILES string of the molecule is CC(C)N(C)CCCCNC(=O)c1cc(Br)ccc1O. The van der Waals surface area contributed by atoms with Crippen molar-refractivity contribution in [2.45, 2.75) is 32.7 Å². The first-order valence-electron chi connectivity index (χ1n) is 6.88. The molecule has 0 spiro atoms. The molecule has 0 unspecified atom stereocenters. The number of nitrogens with one attached hydrogen (secondary N) is 1. The molecule has 1 amide bonds. The minimum atomic E-state index is -0.235. The normalized spacial score (nSPS) is 11.1. The molecule has 0 aliphatic carbocycles. The number of benzene rings is 1. The predicted molar refractivity (Wildman–Crippen MR) is 85.1 cm³/mol. The maximum Gasteiger partial charge on any atom is 0.255 e. The maximum atomic E-state index is 11.9. The molecule has 1 rings (SSSR count). The number of nitrogens with zero attached hydrogens (tertiary/aromatic N) is 1. The molecular weight excluding hydrogens is 320 g/mol. The average molecular weight is 343 g/mol. The zero-order valence-corrected chi connectivity index (χ0v) is 13.9. The third kappa shape index (κ3) is 5.51. The van der Waals surface area contributed by atoms with Crippen LogP contribution in [0.1, 0.15) is 37.0 Å². The van der Waals surface area contributed by atoms with Gasteiger partial charge in [-0.25, -0.2) is 0 Å². The zero-order chi connectivity index (χ0) is 15.1. The molecule has 0 aliphatic heterocycles. The molecule has 0 aliphatic rings. The van der Waals surface area contributed by atoms with E-state index < -0.39 is 0 Å². The van der Waals surface area contributed by atoms with E-state index in [4.69, 9.17) is 0 Å². The van der Waals surface area contributed by atoms with Crippen LogP contribution in [0.5, 0.6) is 5.75 Å². The van der Waals surface area contributed by atoms with Crippen molar-refractivity contribution in [2.75, 3.05) is 20.1 Å². The van der Waals surface area contributed by atoms with Crippen molar-refractivity contribution in [3.8, 4) is 5.75 Å². The molecule has 4 nitrogen and oxygen atoms in total. The number of hydrogen-bond donors (Lipinski definition) is 2. The van der Waals surface area contributed by atoms with Crippen LogP contribution in [-0.4, -0.2) is 42.1 Å². The van der Waals surface area contributed by atoms with Crippen molar-refractivity contribution in [1.29, 1.82) is 0 Å². The smallest absolute Gasteiger partial charge is 0.255 e. The Kier molecular flexibility index (Phi) is 7.02. The second-order valence-corrected chi connectivity index (χ2v) is 6.11. The van der Waals surface area contributed by atoms with Gasteiger partial charge in [0.15, 0.2) is 0 Å². The topological polar surface area (TPSA) is 52.6 Å². The van der Waals surface area contributed by atoms with Gasteiger partial charge in [-0.2, -0.15) is 0 Å². The number of rotatable bonds is 7. The molecular formula is C15H23BrN2O2. The molecule has 0 radical (unpaired) electrons. The van der Waals surface area contributed by atoms with E-state index >= 15 is 0 Å². The molecule has 20 heavy (non-hydrogen) atoms. The minimum Gasteiger partial charge on any atom is -0.507 e. The summed E-state index contributed by atoms with van der Waals surface area (Å²) < 4.78 is 0.777. The predicted octanol–water partition coefficient (Wildman–Crippen LogP) is 3.00. The van der Waals surface area contributed by atoms with Gasteiger partial charge in [0.1, 0.15) is 5.75 Å². The number of phenolic OH excluding ortho intramolecular Hbond substituents is 1. The first kappa shape index (κ1) is 17.0. The summed E-state index contributed by atoms with van der Waals surface area (Å²) in [6.07, 6.45) is 1.97. The Hall–Kier alpha value is -1.07. The number of unbranched alkanes of at least 4 members (excludes halogenated alkanes) is 1. The van der Waals surface area contributed by atoms with Crippen LogP contribution < -0.4 is 5.32 Å². The fourth-order valence-electron chi connectivity index (χ4n) is 1.73. The van der Waals surface area contributed by atoms with Gasteiger partial charge in [-0.3, -0.25) is 4.79 Å². The van der Waals surface area contributed by atoms with Crippen molar-refractivity contribution < 1.29 is 9.90 Å². The molecule has 5 heteroatoms. The van der Waals surface area contributed by atoms with Crippen molar-refractivity contribution in [3.05, 3.63) is 28.2 Å². The highest BCUT2D eigenvalue weighted by Gasteiger charge is 2.10. The molecule has 112 valence electrons. The highest BCUT2D eigenvalue weighted by molar-refractivity contribution is 9.10. The van der Waals surface area contributed by atoms with Gasteiger partial charge in [0.05, 0.1) is 5.56 Å². The minimum absolute atomic E-state index is 0.00485. The van der Waals surface area contributed by atoms with E-state index in [9.17, 15) is 9.90 Å². The Labute approximate surface area is 129 Å². The van der Waals surface area contributed by atoms with E-state index in [1.54, 1.807) is 12.1 Å². The standard InChI is InChI=1S/C15H23BrN2O2/c1-11(2)18(3)9-5-4-8-17-15(20)13-10-12(16)6-7-14(13)19/h6-7,10-11,19H,4-5,8-9H2,1-3H3,(H,17,20). The summed E-state index contributed by atoms with van der Waals surface area (Å²) in [5.74, 6) is -0.230. The van der Waals surface area contributed by atoms with E-state index in [1.165, 1.54) is 6.07 Å². The highest BCUT2D eigenvalue weighted by atomic mass is 79.9. The Balaban J connectivity index is 2.32. The molecule has 0 fully saturated rings. The Bertz CT molecular complexity index is 449. The fourth-order valence-corrected chi connectivity index (χ4v) is 2.09. The zero-order valence-electron chi connectivity index (χ0n) is 12.3. The summed E-state index contributed by atoms with van der Waals surface area (Å²) >= 11 is 3.29. The van der Waals surface area contributed by atoms with Crippen LogP contribution in [0.3, 0.4) is 0 Å². The molecule has 0 atom stereocenters. The van der Waals surface area contributed by atoms with Crippen molar-refractivity contribution >= 4 is 21.8 Å². The lowest BCUT2D eigenvalue weighted by atomic mass is 10.2. The third-order valence-electron chi connectivity index (χ3n) is 3.31. The second kappa shape index (κ2) is 8.27. The summed E-state index contributed by atoms with van der Waals surface area (Å²) in [7, 11) is 2.10. The van der Waals surface area contributed by atoms with Crippen LogP contribution in [0, 0.1) is 0 Å². The van der Waals surface area contributed by atoms with E-state index in [0.29, 0.717) is 18.2 Å². The van der Waals surface area contributed by atoms with E-state index in [0.717, 1.165) is 23.9 Å². The van der Waals surface area contributed by atoms with Crippen LogP contribution in [-0.2, 0) is 0 Å². The highest BCUT2D eigenvalue weighted by Crippen LogP contribution is 2.21. The van der Waals surface area contributed by atoms with Crippen LogP contribution >= 0.6 is 15.9 Å². The van der Waals surface area contributed by atoms with Gasteiger partial charge in [-0.05, 0) is 58.5 Å². The number of phenols is 1. The Morgan fingerprint density at radius 1 is 1.40 bits per heavy atom. The van der Waals surface area contributed by atoms with Crippen molar-refractivity contribution in [2.24, 2.45) is 0 Å². The number of carbonyl (C=O) groups excluding carboxylic acids is 1. The number of amides is 1. The summed E-state index contributed by atoms with van der Waals surface area (Å²) in [4.78, 5) is 14.2. The van der Waals surface area contributed by atoms with Crippen molar-refractivity contribution in [1.82, 2.24) is 10.2 Å². The molecule has 0 saturated carbocycles. The largest absolute Gasteiger partial charge is 0.507 e. The van der Waals surface area contributed by atoms with Crippen LogP contribution in [0.2, 0.25) is 0 Å². The summed E-state index contributed by atoms with van der Waals surface area (Å²) in [5, 5.41) is 12.5. The summed E-state index contributed by atoms with van der Waals surface area (Å²) in [6.45, 7) is 5.97. The van der Waals surface area contributed by atoms with E-state index in [1.807, 2.05) is 0 Å². The Morgan fingerprint density at radius 3 is 2.75 bits per heavy atom. The molecule has 1 aromatic carbocycles. The van der Waals surface area contributed by atoms with Gasteiger partial charge in [0.25, 0.3) is 5.91 Å². The summed E-state index contributed by atoms with van der Waals surface area (Å²) in [5.41, 5.74) is 0.304. The molecule has 0 bridgehead atoms. The Morgan fingerprint density at radius 2 is 2.10 bits per heavy atom. The number of halogens is 1. The van der Waals surface area contributed by atoms with Crippen molar-refractivity contribution in [3.63, 3.8) is 0 Å².